The molecule has 2 rings (SSSR count). The van der Waals surface area contributed by atoms with Gasteiger partial charge in [0.25, 0.3) is 0 Å². The van der Waals surface area contributed by atoms with E-state index >= 15 is 0 Å². The van der Waals surface area contributed by atoms with Crippen molar-refractivity contribution in [2.75, 3.05) is 13.2 Å². The van der Waals surface area contributed by atoms with Crippen LogP contribution >= 0.6 is 0 Å². The lowest BCUT2D eigenvalue weighted by Crippen LogP contribution is -2.05. The Morgan fingerprint density at radius 3 is 1.22 bits per heavy atom. The maximum absolute atomic E-state index is 12.5. The van der Waals surface area contributed by atoms with Crippen molar-refractivity contribution in [2.24, 2.45) is 0 Å². The molecule has 0 fully saturated rings. The number of hydrogen-bond acceptors (Lipinski definition) is 8. The summed E-state index contributed by atoms with van der Waals surface area (Å²) in [4.78, 5) is 47.0. The molecule has 2 aromatic rings. The van der Waals surface area contributed by atoms with Gasteiger partial charge in [0.05, 0.1) is 24.3 Å². The van der Waals surface area contributed by atoms with Gasteiger partial charge in [-0.15, -0.1) is 0 Å². The highest BCUT2D eigenvalue weighted by atomic mass is 16.5. The Bertz CT molecular complexity index is 1260. The lowest BCUT2D eigenvalue weighted by molar-refractivity contribution is -0.138. The highest BCUT2D eigenvalue weighted by molar-refractivity contribution is 5.91. The number of aryl methyl sites for hydroxylation is 2. The number of unbranched alkanes of at least 4 members (excludes halogenated alkanes) is 6. The molecule has 0 spiro atoms. The maximum Gasteiger partial charge on any atom is 0.343 e. The van der Waals surface area contributed by atoms with Crippen LogP contribution in [0.25, 0.3) is 0 Å². The molecular weight excluding hydrogens is 584 g/mol. The average Bonchev–Trinajstić information content (AvgIpc) is 3.06. The first-order valence-electron chi connectivity index (χ1n) is 15.5. The van der Waals surface area contributed by atoms with E-state index in [2.05, 4.69) is 26.3 Å². The Balaban J connectivity index is 1.65. The third kappa shape index (κ3) is 15.7. The molecule has 244 valence electrons. The zero-order chi connectivity index (χ0) is 33.6. The first kappa shape index (κ1) is 37.2. The Morgan fingerprint density at radius 2 is 0.870 bits per heavy atom. The maximum atomic E-state index is 12.5. The fourth-order valence-electron chi connectivity index (χ4n) is 4.26. The normalized spacial score (nSPS) is 10.5. The predicted octanol–water partition coefficient (Wildman–Crippen LogP) is 7.95. The molecule has 46 heavy (non-hydrogen) atoms. The largest absolute Gasteiger partial charge is 0.463 e. The zero-order valence-electron chi connectivity index (χ0n) is 26.5. The molecule has 0 aromatic heterocycles. The number of carbonyl (C=O) groups is 4. The molecule has 0 unspecified atom stereocenters. The number of carbonyl (C=O) groups excluding carboxylic acids is 4. The first-order valence-corrected chi connectivity index (χ1v) is 15.5. The molecular formula is C38H44O8. The Kier molecular flexibility index (Phi) is 17.5. The van der Waals surface area contributed by atoms with Crippen LogP contribution in [0.1, 0.15) is 83.2 Å². The summed E-state index contributed by atoms with van der Waals surface area (Å²) >= 11 is 0. The second kappa shape index (κ2) is 21.7. The molecule has 8 heteroatoms. The molecule has 2 aromatic carbocycles. The van der Waals surface area contributed by atoms with Crippen LogP contribution in [0.5, 0.6) is 0 Å². The average molecular weight is 629 g/mol. The fraction of sp³-hybridized carbons (Fsp3) is 0.316. The lowest BCUT2D eigenvalue weighted by atomic mass is 10.0. The molecule has 0 atom stereocenters. The summed E-state index contributed by atoms with van der Waals surface area (Å²) < 4.78 is 20.5. The van der Waals surface area contributed by atoms with Crippen molar-refractivity contribution in [1.82, 2.24) is 0 Å². The van der Waals surface area contributed by atoms with Crippen LogP contribution in [0.15, 0.2) is 111 Å². The van der Waals surface area contributed by atoms with E-state index in [1.54, 1.807) is 24.3 Å². The smallest absolute Gasteiger partial charge is 0.343 e. The Morgan fingerprint density at radius 1 is 0.522 bits per heavy atom. The summed E-state index contributed by atoms with van der Waals surface area (Å²) in [5.74, 6) is -1.74. The van der Waals surface area contributed by atoms with Gasteiger partial charge in [-0.3, -0.25) is 0 Å². The molecule has 0 aliphatic carbocycles. The van der Waals surface area contributed by atoms with E-state index in [1.165, 1.54) is 12.2 Å². The Labute approximate surface area is 272 Å². The van der Waals surface area contributed by atoms with Gasteiger partial charge in [0, 0.05) is 12.2 Å². The minimum absolute atomic E-state index is 0.0761. The third-order valence-corrected chi connectivity index (χ3v) is 6.82. The molecule has 0 saturated heterocycles. The summed E-state index contributed by atoms with van der Waals surface area (Å²) in [6, 6.07) is 14.4. The fourth-order valence-corrected chi connectivity index (χ4v) is 4.26. The van der Waals surface area contributed by atoms with Crippen LogP contribution in [0.3, 0.4) is 0 Å². The van der Waals surface area contributed by atoms with Crippen molar-refractivity contribution in [3.63, 3.8) is 0 Å². The van der Waals surface area contributed by atoms with Crippen molar-refractivity contribution in [2.45, 2.75) is 64.2 Å². The second-order valence-corrected chi connectivity index (χ2v) is 10.5. The van der Waals surface area contributed by atoms with Gasteiger partial charge < -0.3 is 18.9 Å². The van der Waals surface area contributed by atoms with Crippen LogP contribution in [0.2, 0.25) is 0 Å². The van der Waals surface area contributed by atoms with Crippen molar-refractivity contribution in [3.05, 3.63) is 133 Å². The van der Waals surface area contributed by atoms with Gasteiger partial charge in [0.2, 0.25) is 0 Å². The minimum atomic E-state index is -0.549. The Hall–Kier alpha value is -4.98. The monoisotopic (exact) mass is 628 g/mol. The summed E-state index contributed by atoms with van der Waals surface area (Å²) in [7, 11) is 0. The van der Waals surface area contributed by atoms with Crippen molar-refractivity contribution in [1.29, 1.82) is 0 Å². The van der Waals surface area contributed by atoms with E-state index in [4.69, 9.17) is 18.9 Å². The van der Waals surface area contributed by atoms with Gasteiger partial charge in [-0.25, -0.2) is 19.2 Å². The molecule has 0 aliphatic rings. The molecule has 0 amide bonds. The molecule has 0 saturated carbocycles. The number of ether oxygens (including phenoxy) is 4. The second-order valence-electron chi connectivity index (χ2n) is 10.5. The standard InChI is InChI=1S/C38H44O8/c1-5-35(39)43-27-13-9-7-11-15-31-19-23-33(24-20-31)37(41)45-29(3)17-18-30(4)46-38(42)34-25-21-32(22-26-34)16-12-8-10-14-28-44-36(40)6-2/h5-6,17-26H,1-4,7-16,27-28H2/b18-17-. The summed E-state index contributed by atoms with van der Waals surface area (Å²) in [5.41, 5.74) is 3.00. The van der Waals surface area contributed by atoms with E-state index < -0.39 is 23.9 Å². The summed E-state index contributed by atoms with van der Waals surface area (Å²) in [6.45, 7) is 15.0. The highest BCUT2D eigenvalue weighted by Crippen LogP contribution is 2.15. The van der Waals surface area contributed by atoms with Crippen LogP contribution in [-0.4, -0.2) is 37.1 Å². The van der Waals surface area contributed by atoms with Crippen molar-refractivity contribution < 1.29 is 38.1 Å². The molecule has 0 aliphatic heterocycles. The van der Waals surface area contributed by atoms with Crippen LogP contribution in [0, 0.1) is 0 Å². The highest BCUT2D eigenvalue weighted by Gasteiger charge is 2.10. The predicted molar refractivity (Wildman–Crippen MR) is 178 cm³/mol. The van der Waals surface area contributed by atoms with Crippen molar-refractivity contribution >= 4 is 23.9 Å². The van der Waals surface area contributed by atoms with E-state index in [0.717, 1.165) is 87.5 Å². The number of esters is 4. The SMILES string of the molecule is C=CC(=O)OCCCCCCc1ccc(C(=O)OC(=C)/C=C\C(=C)OC(=O)c2ccc(CCCCCCOC(=O)C=C)cc2)cc1. The quantitative estimate of drug-likeness (QED) is 0.0323. The number of benzene rings is 2. The minimum Gasteiger partial charge on any atom is -0.463 e. The van der Waals surface area contributed by atoms with E-state index in [9.17, 15) is 19.2 Å². The van der Waals surface area contributed by atoms with Crippen LogP contribution in [0.4, 0.5) is 0 Å². The van der Waals surface area contributed by atoms with E-state index in [1.807, 2.05) is 24.3 Å². The van der Waals surface area contributed by atoms with Crippen LogP contribution < -0.4 is 0 Å². The van der Waals surface area contributed by atoms with E-state index in [0.29, 0.717) is 24.3 Å². The topological polar surface area (TPSA) is 105 Å². The molecule has 0 radical (unpaired) electrons. The summed E-state index contributed by atoms with van der Waals surface area (Å²) in [6.07, 6.45) is 14.4. The van der Waals surface area contributed by atoms with Gasteiger partial charge in [-0.05, 0) is 86.1 Å². The first-order chi connectivity index (χ1) is 22.2. The van der Waals surface area contributed by atoms with Gasteiger partial charge >= 0.3 is 23.9 Å². The summed E-state index contributed by atoms with van der Waals surface area (Å²) in [5, 5.41) is 0. The number of hydrogen-bond donors (Lipinski definition) is 0. The number of rotatable bonds is 22. The van der Waals surface area contributed by atoms with Crippen molar-refractivity contribution in [3.8, 4) is 0 Å². The van der Waals surface area contributed by atoms with Gasteiger partial charge in [0.15, 0.2) is 0 Å². The lowest BCUT2D eigenvalue weighted by Gasteiger charge is -2.07. The third-order valence-electron chi connectivity index (χ3n) is 6.82. The van der Waals surface area contributed by atoms with Crippen LogP contribution in [-0.2, 0) is 41.4 Å². The molecule has 0 heterocycles. The van der Waals surface area contributed by atoms with E-state index in [-0.39, 0.29) is 11.5 Å². The molecule has 0 N–H and O–H groups in total. The number of allylic oxidation sites excluding steroid dienone is 2. The zero-order valence-corrected chi connectivity index (χ0v) is 26.5. The van der Waals surface area contributed by atoms with Gasteiger partial charge in [-0.1, -0.05) is 76.3 Å². The molecule has 8 nitrogen and oxygen atoms in total. The van der Waals surface area contributed by atoms with Gasteiger partial charge in [0.1, 0.15) is 11.5 Å². The molecule has 0 bridgehead atoms. The van der Waals surface area contributed by atoms with Gasteiger partial charge in [-0.2, -0.15) is 0 Å².